The molecule has 17 heavy (non-hydrogen) atoms. The zero-order valence-corrected chi connectivity index (χ0v) is 10.2. The highest BCUT2D eigenvalue weighted by Crippen LogP contribution is 2.25. The van der Waals surface area contributed by atoms with Crippen LogP contribution in [0.15, 0.2) is 30.3 Å². The second-order valence-corrected chi connectivity index (χ2v) is 4.52. The van der Waals surface area contributed by atoms with Crippen molar-refractivity contribution < 1.29 is 4.39 Å². The Bertz CT molecular complexity index is 408. The zero-order chi connectivity index (χ0) is 12.1. The van der Waals surface area contributed by atoms with Gasteiger partial charge in [0, 0.05) is 31.5 Å². The Morgan fingerprint density at radius 3 is 2.47 bits per heavy atom. The molecule has 0 bridgehead atoms. The van der Waals surface area contributed by atoms with Crippen LogP contribution in [0.5, 0.6) is 0 Å². The molecular weight excluding hydrogens is 213 g/mol. The van der Waals surface area contributed by atoms with Gasteiger partial charge in [-0.05, 0) is 18.7 Å². The van der Waals surface area contributed by atoms with Crippen molar-refractivity contribution in [3.8, 4) is 11.8 Å². The van der Waals surface area contributed by atoms with Crippen molar-refractivity contribution in [1.82, 2.24) is 4.90 Å². The standard InChI is InChI=1S/C15H18FN/c1-2-17-12-10-15(16,11-13-17)9-8-14-6-4-3-5-7-14/h3-7H,2,10-13H2,1H3. The monoisotopic (exact) mass is 231 g/mol. The fraction of sp³-hybridized carbons (Fsp3) is 0.467. The molecule has 0 amide bonds. The van der Waals surface area contributed by atoms with E-state index < -0.39 is 5.67 Å². The third-order valence-electron chi connectivity index (χ3n) is 3.30. The predicted molar refractivity (Wildman–Crippen MR) is 68.5 cm³/mol. The van der Waals surface area contributed by atoms with Crippen molar-refractivity contribution >= 4 is 0 Å². The Morgan fingerprint density at radius 1 is 1.24 bits per heavy atom. The molecule has 1 nitrogen and oxygen atoms in total. The van der Waals surface area contributed by atoms with Crippen molar-refractivity contribution in [3.05, 3.63) is 35.9 Å². The zero-order valence-electron chi connectivity index (χ0n) is 10.2. The molecule has 1 heterocycles. The molecule has 1 aromatic carbocycles. The summed E-state index contributed by atoms with van der Waals surface area (Å²) in [4.78, 5) is 2.27. The van der Waals surface area contributed by atoms with E-state index in [9.17, 15) is 4.39 Å². The molecule has 1 aliphatic rings. The third-order valence-corrected chi connectivity index (χ3v) is 3.30. The van der Waals surface area contributed by atoms with E-state index in [4.69, 9.17) is 0 Å². The van der Waals surface area contributed by atoms with Crippen LogP contribution in [0.1, 0.15) is 25.3 Å². The molecule has 0 radical (unpaired) electrons. The van der Waals surface area contributed by atoms with E-state index in [0.29, 0.717) is 12.8 Å². The van der Waals surface area contributed by atoms with Crippen LogP contribution in [-0.2, 0) is 0 Å². The highest BCUT2D eigenvalue weighted by molar-refractivity contribution is 5.36. The summed E-state index contributed by atoms with van der Waals surface area (Å²) in [5, 5.41) is 0. The van der Waals surface area contributed by atoms with Crippen LogP contribution in [0.25, 0.3) is 0 Å². The summed E-state index contributed by atoms with van der Waals surface area (Å²) in [6.07, 6.45) is 1.06. The topological polar surface area (TPSA) is 3.24 Å². The van der Waals surface area contributed by atoms with E-state index in [0.717, 1.165) is 25.2 Å². The van der Waals surface area contributed by atoms with Gasteiger partial charge < -0.3 is 4.90 Å². The number of halogens is 1. The molecule has 1 saturated heterocycles. The minimum absolute atomic E-state index is 0.528. The second-order valence-electron chi connectivity index (χ2n) is 4.52. The molecule has 1 aromatic rings. The fourth-order valence-electron chi connectivity index (χ4n) is 2.05. The average molecular weight is 231 g/mol. The lowest BCUT2D eigenvalue weighted by Crippen LogP contribution is -2.40. The van der Waals surface area contributed by atoms with Crippen LogP contribution < -0.4 is 0 Å². The number of alkyl halides is 1. The van der Waals surface area contributed by atoms with Crippen molar-refractivity contribution in [2.75, 3.05) is 19.6 Å². The van der Waals surface area contributed by atoms with Crippen LogP contribution >= 0.6 is 0 Å². The summed E-state index contributed by atoms with van der Waals surface area (Å²) in [6.45, 7) is 4.75. The Labute approximate surface area is 103 Å². The van der Waals surface area contributed by atoms with Gasteiger partial charge in [0.1, 0.15) is 0 Å². The molecule has 0 N–H and O–H groups in total. The van der Waals surface area contributed by atoms with Gasteiger partial charge in [-0.2, -0.15) is 0 Å². The summed E-state index contributed by atoms with van der Waals surface area (Å²) in [5.74, 6) is 5.76. The van der Waals surface area contributed by atoms with E-state index in [1.807, 2.05) is 30.3 Å². The predicted octanol–water partition coefficient (Wildman–Crippen LogP) is 2.86. The van der Waals surface area contributed by atoms with Crippen LogP contribution in [0.3, 0.4) is 0 Å². The maximum absolute atomic E-state index is 14.4. The molecule has 0 aromatic heterocycles. The Morgan fingerprint density at radius 2 is 1.88 bits per heavy atom. The van der Waals surface area contributed by atoms with Gasteiger partial charge in [-0.1, -0.05) is 37.0 Å². The number of rotatable bonds is 1. The van der Waals surface area contributed by atoms with E-state index in [-0.39, 0.29) is 0 Å². The summed E-state index contributed by atoms with van der Waals surface area (Å²) in [5.41, 5.74) is -0.399. The molecule has 0 atom stereocenters. The van der Waals surface area contributed by atoms with Crippen LogP contribution in [0.4, 0.5) is 4.39 Å². The van der Waals surface area contributed by atoms with E-state index in [1.54, 1.807) is 0 Å². The molecular formula is C15H18FN. The second kappa shape index (κ2) is 5.33. The normalized spacial score (nSPS) is 19.4. The summed E-state index contributed by atoms with van der Waals surface area (Å²) >= 11 is 0. The molecule has 0 aliphatic carbocycles. The largest absolute Gasteiger partial charge is 0.303 e. The number of hydrogen-bond acceptors (Lipinski definition) is 1. The Hall–Kier alpha value is -1.33. The first kappa shape index (κ1) is 12.1. The fourth-order valence-corrected chi connectivity index (χ4v) is 2.05. The lowest BCUT2D eigenvalue weighted by atomic mass is 9.93. The van der Waals surface area contributed by atoms with Crippen LogP contribution in [-0.4, -0.2) is 30.2 Å². The van der Waals surface area contributed by atoms with Gasteiger partial charge in [-0.15, -0.1) is 0 Å². The highest BCUT2D eigenvalue weighted by Gasteiger charge is 2.31. The van der Waals surface area contributed by atoms with Crippen LogP contribution in [0.2, 0.25) is 0 Å². The van der Waals surface area contributed by atoms with Crippen LogP contribution in [0, 0.1) is 11.8 Å². The Kier molecular flexibility index (Phi) is 3.81. The highest BCUT2D eigenvalue weighted by atomic mass is 19.1. The van der Waals surface area contributed by atoms with Gasteiger partial charge >= 0.3 is 0 Å². The molecule has 90 valence electrons. The minimum Gasteiger partial charge on any atom is -0.303 e. The van der Waals surface area contributed by atoms with Gasteiger partial charge in [0.25, 0.3) is 0 Å². The molecule has 0 unspecified atom stereocenters. The number of likely N-dealkylation sites (tertiary alicyclic amines) is 1. The molecule has 0 spiro atoms. The lowest BCUT2D eigenvalue weighted by molar-refractivity contribution is 0.108. The third kappa shape index (κ3) is 3.31. The Balaban J connectivity index is 2.02. The number of piperidine rings is 1. The maximum atomic E-state index is 14.4. The van der Waals surface area contributed by atoms with Gasteiger partial charge in [-0.3, -0.25) is 0 Å². The average Bonchev–Trinajstić information content (AvgIpc) is 2.39. The van der Waals surface area contributed by atoms with Gasteiger partial charge in [0.05, 0.1) is 0 Å². The van der Waals surface area contributed by atoms with Gasteiger partial charge in [-0.25, -0.2) is 4.39 Å². The molecule has 2 rings (SSSR count). The number of benzene rings is 1. The first-order valence-electron chi connectivity index (χ1n) is 6.21. The lowest BCUT2D eigenvalue weighted by Gasteiger charge is -2.32. The number of hydrogen-bond donors (Lipinski definition) is 0. The summed E-state index contributed by atoms with van der Waals surface area (Å²) in [7, 11) is 0. The van der Waals surface area contributed by atoms with E-state index >= 15 is 0 Å². The van der Waals surface area contributed by atoms with Crippen molar-refractivity contribution in [2.45, 2.75) is 25.4 Å². The van der Waals surface area contributed by atoms with Crippen molar-refractivity contribution in [2.24, 2.45) is 0 Å². The molecule has 1 aliphatic heterocycles. The summed E-state index contributed by atoms with van der Waals surface area (Å²) < 4.78 is 14.4. The SMILES string of the molecule is CCN1CCC(F)(C#Cc2ccccc2)CC1. The maximum Gasteiger partial charge on any atom is 0.173 e. The van der Waals surface area contributed by atoms with Gasteiger partial charge in [0.15, 0.2) is 5.67 Å². The summed E-state index contributed by atoms with van der Waals surface area (Å²) in [6, 6.07) is 9.62. The smallest absolute Gasteiger partial charge is 0.173 e. The van der Waals surface area contributed by atoms with Crippen molar-refractivity contribution in [3.63, 3.8) is 0 Å². The van der Waals surface area contributed by atoms with E-state index in [2.05, 4.69) is 23.7 Å². The molecule has 1 fully saturated rings. The minimum atomic E-state index is -1.29. The van der Waals surface area contributed by atoms with Crippen molar-refractivity contribution in [1.29, 1.82) is 0 Å². The van der Waals surface area contributed by atoms with Gasteiger partial charge in [0.2, 0.25) is 0 Å². The van der Waals surface area contributed by atoms with E-state index in [1.165, 1.54) is 0 Å². The molecule has 0 saturated carbocycles. The molecule has 2 heteroatoms. The number of nitrogens with zero attached hydrogens (tertiary/aromatic N) is 1. The first-order chi connectivity index (χ1) is 8.22. The first-order valence-corrected chi connectivity index (χ1v) is 6.21. The quantitative estimate of drug-likeness (QED) is 0.672.